The monoisotopic (exact) mass is 525 g/mol. The van der Waals surface area contributed by atoms with Gasteiger partial charge in [0.1, 0.15) is 6.33 Å². The highest BCUT2D eigenvalue weighted by atomic mass is 35.5. The summed E-state index contributed by atoms with van der Waals surface area (Å²) in [5.74, 6) is 1.21. The third-order valence-electron chi connectivity index (χ3n) is 6.41. The van der Waals surface area contributed by atoms with Gasteiger partial charge in [-0.05, 0) is 48.9 Å². The molecule has 8 nitrogen and oxygen atoms in total. The van der Waals surface area contributed by atoms with E-state index < -0.39 is 0 Å². The smallest absolute Gasteiger partial charge is 0.230 e. The summed E-state index contributed by atoms with van der Waals surface area (Å²) < 4.78 is 9.86. The van der Waals surface area contributed by atoms with Crippen molar-refractivity contribution in [3.63, 3.8) is 0 Å². The molecule has 1 aliphatic rings. The molecule has 0 N–H and O–H groups in total. The van der Waals surface area contributed by atoms with Gasteiger partial charge in [0.05, 0.1) is 33.4 Å². The molecule has 0 bridgehead atoms. The molecule has 0 radical (unpaired) electrons. The molecule has 37 heavy (non-hydrogen) atoms. The normalized spacial score (nSPS) is 14.3. The van der Waals surface area contributed by atoms with E-state index in [1.54, 1.807) is 21.7 Å². The first-order valence-corrected chi connectivity index (χ1v) is 12.3. The van der Waals surface area contributed by atoms with Gasteiger partial charge in [0, 0.05) is 23.0 Å². The molecule has 0 saturated carbocycles. The Kier molecular flexibility index (Phi) is 4.99. The molecule has 6 aromatic rings. The van der Waals surface area contributed by atoms with Gasteiger partial charge in [-0.1, -0.05) is 47.5 Å². The lowest BCUT2D eigenvalue weighted by Gasteiger charge is -2.26. The molecular weight excluding hydrogens is 509 g/mol. The second-order valence-corrected chi connectivity index (χ2v) is 9.51. The maximum Gasteiger partial charge on any atom is 0.230 e. The minimum Gasteiger partial charge on any atom is -0.420 e. The van der Waals surface area contributed by atoms with Gasteiger partial charge in [-0.15, -0.1) is 5.10 Å². The Labute approximate surface area is 221 Å². The maximum atomic E-state index is 6.46. The van der Waals surface area contributed by atoms with Crippen molar-refractivity contribution >= 4 is 28.8 Å². The van der Waals surface area contributed by atoms with Crippen molar-refractivity contribution in [2.45, 2.75) is 12.8 Å². The van der Waals surface area contributed by atoms with Crippen molar-refractivity contribution in [1.82, 2.24) is 34.3 Å². The van der Waals surface area contributed by atoms with Gasteiger partial charge in [-0.2, -0.15) is 5.10 Å². The highest BCUT2D eigenvalue weighted by molar-refractivity contribution is 6.33. The van der Waals surface area contributed by atoms with E-state index in [-0.39, 0.29) is 5.92 Å². The lowest BCUT2D eigenvalue weighted by molar-refractivity contribution is 0.402. The van der Waals surface area contributed by atoms with Crippen molar-refractivity contribution in [3.8, 4) is 28.8 Å². The quantitative estimate of drug-likeness (QED) is 0.270. The van der Waals surface area contributed by atoms with Gasteiger partial charge in [0.2, 0.25) is 11.8 Å². The molecule has 1 aliphatic heterocycles. The van der Waals surface area contributed by atoms with E-state index in [0.717, 1.165) is 33.6 Å². The number of aryl methyl sites for hydroxylation is 1. The first-order valence-electron chi connectivity index (χ1n) is 11.5. The molecule has 7 rings (SSSR count). The second kappa shape index (κ2) is 8.40. The summed E-state index contributed by atoms with van der Waals surface area (Å²) in [4.78, 5) is 13.9. The van der Waals surface area contributed by atoms with E-state index in [1.165, 1.54) is 0 Å². The van der Waals surface area contributed by atoms with Crippen LogP contribution >= 0.6 is 23.2 Å². The van der Waals surface area contributed by atoms with E-state index in [4.69, 9.17) is 38.0 Å². The first kappa shape index (κ1) is 22.0. The Bertz CT molecular complexity index is 1810. The predicted octanol–water partition coefficient (Wildman–Crippen LogP) is 6.27. The predicted molar refractivity (Wildman–Crippen MR) is 140 cm³/mol. The molecule has 0 unspecified atom stereocenters. The zero-order chi connectivity index (χ0) is 25.1. The number of benzene rings is 2. The molecular formula is C27H17Cl2N7O. The van der Waals surface area contributed by atoms with E-state index in [0.29, 0.717) is 33.3 Å². The zero-order valence-electron chi connectivity index (χ0n) is 19.4. The molecule has 180 valence electrons. The number of pyridine rings is 1. The molecule has 0 spiro atoms. The van der Waals surface area contributed by atoms with Gasteiger partial charge >= 0.3 is 0 Å². The standard InChI is InChI=1S/C27H17Cl2N7O/c1-15-21-22(16-6-5-11-30-13-16)23-25-32-24(19-9-2-3-10-20(19)29)34-35(25)14-31-26(23)37-27(21)36(33-15)18-8-4-7-17(28)12-18/h2-14,22H,1H3/t22-/m1/s1. The van der Waals surface area contributed by atoms with Gasteiger partial charge in [0.15, 0.2) is 11.5 Å². The van der Waals surface area contributed by atoms with Gasteiger partial charge in [0.25, 0.3) is 0 Å². The minimum absolute atomic E-state index is 0.292. The molecule has 10 heteroatoms. The van der Waals surface area contributed by atoms with Crippen LogP contribution in [0.5, 0.6) is 11.8 Å². The van der Waals surface area contributed by atoms with E-state index in [9.17, 15) is 0 Å². The highest BCUT2D eigenvalue weighted by Gasteiger charge is 2.38. The summed E-state index contributed by atoms with van der Waals surface area (Å²) in [7, 11) is 0. The van der Waals surface area contributed by atoms with Crippen LogP contribution in [-0.2, 0) is 0 Å². The van der Waals surface area contributed by atoms with Crippen LogP contribution in [0.25, 0.3) is 22.7 Å². The number of hydrogen-bond donors (Lipinski definition) is 0. The number of aromatic nitrogens is 7. The van der Waals surface area contributed by atoms with Crippen molar-refractivity contribution < 1.29 is 4.74 Å². The van der Waals surface area contributed by atoms with Crippen molar-refractivity contribution in [2.24, 2.45) is 0 Å². The third kappa shape index (κ3) is 3.48. The number of ether oxygens (including phenoxy) is 1. The first-order chi connectivity index (χ1) is 18.1. The molecule has 5 heterocycles. The summed E-state index contributed by atoms with van der Waals surface area (Å²) in [5.41, 5.74) is 5.59. The number of rotatable bonds is 3. The fraction of sp³-hybridized carbons (Fsp3) is 0.0741. The second-order valence-electron chi connectivity index (χ2n) is 8.66. The van der Waals surface area contributed by atoms with E-state index in [1.807, 2.05) is 73.8 Å². The fourth-order valence-electron chi connectivity index (χ4n) is 4.80. The van der Waals surface area contributed by atoms with Crippen LogP contribution in [0.15, 0.2) is 79.4 Å². The summed E-state index contributed by atoms with van der Waals surface area (Å²) in [5, 5.41) is 10.7. The number of nitrogens with zero attached hydrogens (tertiary/aromatic N) is 7. The van der Waals surface area contributed by atoms with Gasteiger partial charge in [-0.25, -0.2) is 19.2 Å². The lowest BCUT2D eigenvalue weighted by Crippen LogP contribution is -2.16. The summed E-state index contributed by atoms with van der Waals surface area (Å²) in [6.07, 6.45) is 5.19. The number of hydrogen-bond acceptors (Lipinski definition) is 6. The minimum atomic E-state index is -0.292. The largest absolute Gasteiger partial charge is 0.420 e. The van der Waals surface area contributed by atoms with Gasteiger partial charge < -0.3 is 4.74 Å². The van der Waals surface area contributed by atoms with Gasteiger partial charge in [-0.3, -0.25) is 4.98 Å². The van der Waals surface area contributed by atoms with Crippen LogP contribution in [0.3, 0.4) is 0 Å². The molecule has 2 aromatic carbocycles. The van der Waals surface area contributed by atoms with E-state index in [2.05, 4.69) is 15.1 Å². The molecule has 4 aromatic heterocycles. The third-order valence-corrected chi connectivity index (χ3v) is 6.97. The van der Waals surface area contributed by atoms with Crippen LogP contribution in [0.4, 0.5) is 0 Å². The van der Waals surface area contributed by atoms with Crippen molar-refractivity contribution in [1.29, 1.82) is 0 Å². The Hall–Kier alpha value is -4.27. The van der Waals surface area contributed by atoms with Crippen LogP contribution in [0, 0.1) is 6.92 Å². The summed E-state index contributed by atoms with van der Waals surface area (Å²) >= 11 is 12.7. The van der Waals surface area contributed by atoms with Crippen molar-refractivity contribution in [2.75, 3.05) is 0 Å². The van der Waals surface area contributed by atoms with Crippen LogP contribution < -0.4 is 4.74 Å². The Balaban J connectivity index is 1.49. The molecule has 0 amide bonds. The maximum absolute atomic E-state index is 6.46. The molecule has 0 aliphatic carbocycles. The molecule has 1 atom stereocenters. The SMILES string of the molecule is Cc1nn(-c2cccc(Cl)c2)c2c1[C@@H](c1cccnc1)c1c(ncn3nc(-c4ccccc4Cl)nc13)O2. The Morgan fingerprint density at radius 2 is 1.84 bits per heavy atom. The fourth-order valence-corrected chi connectivity index (χ4v) is 5.20. The summed E-state index contributed by atoms with van der Waals surface area (Å²) in [6, 6.07) is 18.9. The number of fused-ring (bicyclic) bond motifs is 4. The zero-order valence-corrected chi connectivity index (χ0v) is 20.9. The number of halogens is 2. The van der Waals surface area contributed by atoms with E-state index >= 15 is 0 Å². The Morgan fingerprint density at radius 3 is 2.65 bits per heavy atom. The summed E-state index contributed by atoms with van der Waals surface area (Å²) in [6.45, 7) is 1.96. The van der Waals surface area contributed by atoms with Crippen molar-refractivity contribution in [3.05, 3.63) is 112 Å². The molecule has 0 fully saturated rings. The topological polar surface area (TPSA) is 83.0 Å². The average molecular weight is 526 g/mol. The van der Waals surface area contributed by atoms with Crippen LogP contribution in [-0.4, -0.2) is 34.3 Å². The Morgan fingerprint density at radius 1 is 0.946 bits per heavy atom. The molecule has 0 saturated heterocycles. The van der Waals surface area contributed by atoms with Crippen LogP contribution in [0.2, 0.25) is 10.0 Å². The van der Waals surface area contributed by atoms with Crippen LogP contribution in [0.1, 0.15) is 28.3 Å². The average Bonchev–Trinajstić information content (AvgIpc) is 3.49. The lowest BCUT2D eigenvalue weighted by atomic mass is 9.85. The highest BCUT2D eigenvalue weighted by Crippen LogP contribution is 2.49.